The lowest BCUT2D eigenvalue weighted by molar-refractivity contribution is -0.146. The smallest absolute Gasteiger partial charge is 0.452 e. The average molecular weight is 512 g/mol. The van der Waals surface area contributed by atoms with Crippen molar-refractivity contribution in [2.75, 3.05) is 7.11 Å². The number of fused-ring (bicyclic) bond motifs is 3. The Bertz CT molecular complexity index is 1200. The Morgan fingerprint density at radius 1 is 1.25 bits per heavy atom. The van der Waals surface area contributed by atoms with Crippen LogP contribution in [0.3, 0.4) is 0 Å². The fraction of sp³-hybridized carbons (Fsp3) is 0.286. The van der Waals surface area contributed by atoms with E-state index < -0.39 is 36.6 Å². The van der Waals surface area contributed by atoms with Gasteiger partial charge in [0.25, 0.3) is 0 Å². The van der Waals surface area contributed by atoms with Gasteiger partial charge in [0.1, 0.15) is 18.0 Å². The average Bonchev–Trinajstić information content (AvgIpc) is 3.12. The molecule has 0 radical (unpaired) electrons. The molecule has 2 heterocycles. The molecule has 0 unspecified atom stereocenters. The van der Waals surface area contributed by atoms with Gasteiger partial charge in [-0.2, -0.15) is 13.2 Å². The van der Waals surface area contributed by atoms with Crippen LogP contribution in [-0.2, 0) is 15.7 Å². The van der Waals surface area contributed by atoms with E-state index in [0.717, 1.165) is 4.57 Å². The molecule has 7 nitrogen and oxygen atoms in total. The fourth-order valence-corrected chi connectivity index (χ4v) is 4.22. The highest BCUT2D eigenvalue weighted by molar-refractivity contribution is 9.10. The summed E-state index contributed by atoms with van der Waals surface area (Å²) >= 11 is 3.37. The van der Waals surface area contributed by atoms with Gasteiger partial charge in [-0.15, -0.1) is 10.2 Å². The van der Waals surface area contributed by atoms with Crippen molar-refractivity contribution >= 4 is 21.9 Å². The summed E-state index contributed by atoms with van der Waals surface area (Å²) in [5, 5.41) is 16.4. The van der Waals surface area contributed by atoms with E-state index in [-0.39, 0.29) is 11.5 Å². The highest BCUT2D eigenvalue weighted by Gasteiger charge is 2.43. The number of carbonyl (C=O) groups is 1. The minimum atomic E-state index is -4.81. The van der Waals surface area contributed by atoms with Gasteiger partial charge in [0.05, 0.1) is 19.2 Å². The second kappa shape index (κ2) is 8.21. The number of methoxy groups -OCH3 is 1. The van der Waals surface area contributed by atoms with Crippen LogP contribution in [0.1, 0.15) is 47.0 Å². The monoisotopic (exact) mass is 511 g/mol. The van der Waals surface area contributed by atoms with Gasteiger partial charge in [-0.3, -0.25) is 9.36 Å². The van der Waals surface area contributed by atoms with Crippen LogP contribution in [0, 0.1) is 6.92 Å². The van der Waals surface area contributed by atoms with E-state index >= 15 is 0 Å². The number of rotatable bonds is 4. The third-order valence-corrected chi connectivity index (χ3v) is 5.72. The fourth-order valence-electron chi connectivity index (χ4n) is 3.84. The molecule has 1 aliphatic heterocycles. The van der Waals surface area contributed by atoms with Crippen LogP contribution in [0.25, 0.3) is 5.69 Å². The number of carboxylic acids is 1. The predicted octanol–water partition coefficient (Wildman–Crippen LogP) is 5.00. The quantitative estimate of drug-likeness (QED) is 0.530. The first kappa shape index (κ1) is 22.3. The number of carboxylic acid groups (broad SMARTS) is 1. The van der Waals surface area contributed by atoms with Crippen molar-refractivity contribution in [2.45, 2.75) is 31.7 Å². The summed E-state index contributed by atoms with van der Waals surface area (Å²) in [7, 11) is 1.51. The van der Waals surface area contributed by atoms with Crippen LogP contribution in [0.2, 0.25) is 0 Å². The molecule has 0 bridgehead atoms. The van der Waals surface area contributed by atoms with Gasteiger partial charge in [-0.05, 0) is 42.3 Å². The molecular weight excluding hydrogens is 495 g/mol. The largest absolute Gasteiger partial charge is 0.496 e. The highest BCUT2D eigenvalue weighted by Crippen LogP contribution is 2.45. The molecule has 0 aliphatic carbocycles. The number of alkyl halides is 3. The van der Waals surface area contributed by atoms with Crippen LogP contribution in [0.15, 0.2) is 40.9 Å². The Hall–Kier alpha value is -2.92. The summed E-state index contributed by atoms with van der Waals surface area (Å²) in [4.78, 5) is 11.5. The van der Waals surface area contributed by atoms with Crippen molar-refractivity contribution in [3.05, 3.63) is 69.2 Å². The lowest BCUT2D eigenvalue weighted by Crippen LogP contribution is -2.17. The number of hydrogen-bond acceptors (Lipinski definition) is 5. The van der Waals surface area contributed by atoms with Crippen molar-refractivity contribution in [3.8, 4) is 11.4 Å². The maximum Gasteiger partial charge on any atom is 0.452 e. The van der Waals surface area contributed by atoms with E-state index in [4.69, 9.17) is 9.47 Å². The van der Waals surface area contributed by atoms with Crippen LogP contribution in [-0.4, -0.2) is 33.0 Å². The first-order valence-electron chi connectivity index (χ1n) is 9.45. The van der Waals surface area contributed by atoms with Crippen LogP contribution >= 0.6 is 15.9 Å². The zero-order valence-corrected chi connectivity index (χ0v) is 18.4. The normalized spacial score (nSPS) is 17.9. The Kier molecular flexibility index (Phi) is 5.72. The molecule has 11 heteroatoms. The SMILES string of the molecule is COc1cccc([C@@H]2O[C@H](CC(=O)O)c3nnc(C(F)(F)F)n3-c3ccc(Br)cc32)c1C. The summed E-state index contributed by atoms with van der Waals surface area (Å²) in [5.41, 5.74) is 1.90. The molecule has 1 N–H and O–H groups in total. The lowest BCUT2D eigenvalue weighted by Gasteiger charge is -2.24. The highest BCUT2D eigenvalue weighted by atomic mass is 79.9. The van der Waals surface area contributed by atoms with Gasteiger partial charge in [-0.1, -0.05) is 28.1 Å². The molecule has 2 atom stereocenters. The van der Waals surface area contributed by atoms with Crippen molar-refractivity contribution < 1.29 is 32.5 Å². The molecule has 3 aromatic rings. The molecule has 1 aromatic heterocycles. The number of hydrogen-bond donors (Lipinski definition) is 1. The van der Waals surface area contributed by atoms with Gasteiger partial charge in [-0.25, -0.2) is 0 Å². The minimum absolute atomic E-state index is 0.153. The number of ether oxygens (including phenoxy) is 2. The number of aliphatic carboxylic acids is 1. The molecule has 1 aliphatic rings. The molecular formula is C21H17BrF3N3O4. The molecule has 32 heavy (non-hydrogen) atoms. The van der Waals surface area contributed by atoms with E-state index in [9.17, 15) is 23.1 Å². The molecule has 0 saturated carbocycles. The minimum Gasteiger partial charge on any atom is -0.496 e. The third-order valence-electron chi connectivity index (χ3n) is 5.23. The molecule has 168 valence electrons. The van der Waals surface area contributed by atoms with Crippen molar-refractivity contribution in [2.24, 2.45) is 0 Å². The second-order valence-corrected chi connectivity index (χ2v) is 8.11. The Labute approximate surface area is 188 Å². The maximum atomic E-state index is 13.8. The summed E-state index contributed by atoms with van der Waals surface area (Å²) in [5.74, 6) is -2.16. The Morgan fingerprint density at radius 2 is 2.00 bits per heavy atom. The summed E-state index contributed by atoms with van der Waals surface area (Å²) in [6, 6.07) is 9.99. The second-order valence-electron chi connectivity index (χ2n) is 7.20. The predicted molar refractivity (Wildman–Crippen MR) is 110 cm³/mol. The van der Waals surface area contributed by atoms with Crippen molar-refractivity contribution in [1.82, 2.24) is 14.8 Å². The van der Waals surface area contributed by atoms with Crippen molar-refractivity contribution in [1.29, 1.82) is 0 Å². The van der Waals surface area contributed by atoms with Crippen LogP contribution in [0.4, 0.5) is 13.2 Å². The van der Waals surface area contributed by atoms with E-state index in [1.165, 1.54) is 13.2 Å². The van der Waals surface area contributed by atoms with E-state index in [1.54, 1.807) is 37.3 Å². The zero-order valence-electron chi connectivity index (χ0n) is 16.9. The summed E-state index contributed by atoms with van der Waals surface area (Å²) in [6.07, 6.45) is -7.57. The first-order valence-corrected chi connectivity index (χ1v) is 10.2. The van der Waals surface area contributed by atoms with Crippen molar-refractivity contribution in [3.63, 3.8) is 0 Å². The molecule has 2 aromatic carbocycles. The van der Waals surface area contributed by atoms with Crippen LogP contribution in [0.5, 0.6) is 5.75 Å². The molecule has 0 amide bonds. The Morgan fingerprint density at radius 3 is 2.66 bits per heavy atom. The van der Waals surface area contributed by atoms with E-state index in [2.05, 4.69) is 26.1 Å². The first-order chi connectivity index (χ1) is 15.1. The van der Waals surface area contributed by atoms with Gasteiger partial charge in [0.15, 0.2) is 5.82 Å². The van der Waals surface area contributed by atoms with Gasteiger partial charge in [0.2, 0.25) is 5.82 Å². The van der Waals surface area contributed by atoms with E-state index in [0.29, 0.717) is 26.9 Å². The number of halogens is 4. The maximum absolute atomic E-state index is 13.8. The molecule has 0 spiro atoms. The molecule has 0 saturated heterocycles. The third kappa shape index (κ3) is 3.86. The number of aromatic nitrogens is 3. The number of nitrogens with zero attached hydrogens (tertiary/aromatic N) is 3. The zero-order chi connectivity index (χ0) is 23.2. The topological polar surface area (TPSA) is 86.5 Å². The summed E-state index contributed by atoms with van der Waals surface area (Å²) < 4.78 is 54.4. The van der Waals surface area contributed by atoms with Gasteiger partial charge in [0, 0.05) is 10.0 Å². The molecule has 4 rings (SSSR count). The van der Waals surface area contributed by atoms with E-state index in [1.807, 2.05) is 0 Å². The van der Waals surface area contributed by atoms with Gasteiger partial charge >= 0.3 is 12.1 Å². The van der Waals surface area contributed by atoms with Gasteiger partial charge < -0.3 is 14.6 Å². The Balaban J connectivity index is 2.03. The summed E-state index contributed by atoms with van der Waals surface area (Å²) in [6.45, 7) is 1.80. The molecule has 0 fully saturated rings. The van der Waals surface area contributed by atoms with Crippen LogP contribution < -0.4 is 4.74 Å². The standard InChI is InChI=1S/C21H17BrF3N3O4/c1-10-12(4-3-5-15(10)31-2)18-13-8-11(22)6-7-14(13)28-19(16(32-18)9-17(29)30)26-27-20(28)21(23,24)25/h3-8,16,18H,9H2,1-2H3,(H,29,30)/t16-,18+/m1/s1. The lowest BCUT2D eigenvalue weighted by atomic mass is 9.95. The number of benzene rings is 2.